The van der Waals surface area contributed by atoms with Crippen molar-refractivity contribution in [1.82, 2.24) is 0 Å². The van der Waals surface area contributed by atoms with Crippen molar-refractivity contribution in [2.45, 2.75) is 6.92 Å². The van der Waals surface area contributed by atoms with Gasteiger partial charge in [-0.05, 0) is 70.8 Å². The van der Waals surface area contributed by atoms with Crippen LogP contribution in [0.1, 0.15) is 5.56 Å². The van der Waals surface area contributed by atoms with Crippen molar-refractivity contribution in [1.29, 1.82) is 0 Å². The number of aryl methyl sites for hydroxylation is 1. The van der Waals surface area contributed by atoms with Crippen molar-refractivity contribution in [2.75, 3.05) is 4.90 Å². The Labute approximate surface area is 263 Å². The van der Waals surface area contributed by atoms with Crippen LogP contribution in [-0.2, 0) is 0 Å². The van der Waals surface area contributed by atoms with Crippen LogP contribution in [0.3, 0.4) is 0 Å². The van der Waals surface area contributed by atoms with Crippen LogP contribution in [0.2, 0.25) is 0 Å². The third-order valence-corrected chi connectivity index (χ3v) is 8.65. The minimum atomic E-state index is 0.904. The van der Waals surface area contributed by atoms with Gasteiger partial charge in [-0.2, -0.15) is 0 Å². The first kappa shape index (κ1) is 26.7. The SMILES string of the molecule is Cc1c(-c2cccc(N(c3ccc4ccccc4c3)c3ccccc3-c3ccc(-c4ccccc4)cc3)c2)oc2ccccc12. The number of hydrogen-bond acceptors (Lipinski definition) is 2. The molecule has 0 radical (unpaired) electrons. The molecule has 8 aromatic rings. The maximum Gasteiger partial charge on any atom is 0.138 e. The van der Waals surface area contributed by atoms with Crippen LogP contribution in [0.5, 0.6) is 0 Å². The Morgan fingerprint density at radius 1 is 0.444 bits per heavy atom. The van der Waals surface area contributed by atoms with Gasteiger partial charge in [0, 0.05) is 33.5 Å². The van der Waals surface area contributed by atoms with Gasteiger partial charge in [-0.1, -0.05) is 133 Å². The van der Waals surface area contributed by atoms with Gasteiger partial charge in [0.1, 0.15) is 11.3 Å². The summed E-state index contributed by atoms with van der Waals surface area (Å²) in [5.74, 6) is 0.904. The van der Waals surface area contributed by atoms with Crippen LogP contribution in [0.15, 0.2) is 174 Å². The Kier molecular flexibility index (Phi) is 6.73. The second kappa shape index (κ2) is 11.3. The van der Waals surface area contributed by atoms with Gasteiger partial charge in [0.15, 0.2) is 0 Å². The second-order valence-electron chi connectivity index (χ2n) is 11.4. The Morgan fingerprint density at radius 3 is 1.93 bits per heavy atom. The van der Waals surface area contributed by atoms with Crippen LogP contribution in [0.25, 0.3) is 55.3 Å². The van der Waals surface area contributed by atoms with Crippen LogP contribution < -0.4 is 4.90 Å². The summed E-state index contributed by atoms with van der Waals surface area (Å²) in [6, 6.07) is 60.3. The Hall–Kier alpha value is -5.86. The molecule has 0 unspecified atom stereocenters. The van der Waals surface area contributed by atoms with E-state index < -0.39 is 0 Å². The standard InChI is InChI=1S/C43H31NO/c1-30-39-18-8-10-21-42(39)45-43(30)36-16-11-17-37(29-36)44(38-27-26-32-14-5-6-15-35(32)28-38)41-20-9-7-19-40(41)34-24-22-33(23-25-34)31-12-3-2-4-13-31/h2-29H,1H3. The number of hydrogen-bond donors (Lipinski definition) is 0. The lowest BCUT2D eigenvalue weighted by molar-refractivity contribution is 0.629. The van der Waals surface area contributed by atoms with Gasteiger partial charge in [0.25, 0.3) is 0 Å². The molecule has 0 atom stereocenters. The lowest BCUT2D eigenvalue weighted by Crippen LogP contribution is -2.11. The smallest absolute Gasteiger partial charge is 0.138 e. The summed E-state index contributed by atoms with van der Waals surface area (Å²) in [7, 11) is 0. The number of anilines is 3. The number of rotatable bonds is 6. The van der Waals surface area contributed by atoms with E-state index in [1.807, 2.05) is 12.1 Å². The highest BCUT2D eigenvalue weighted by Crippen LogP contribution is 2.43. The van der Waals surface area contributed by atoms with Crippen molar-refractivity contribution in [3.8, 4) is 33.6 Å². The molecule has 2 heteroatoms. The van der Waals surface area contributed by atoms with Gasteiger partial charge in [0.05, 0.1) is 5.69 Å². The van der Waals surface area contributed by atoms with E-state index in [0.717, 1.165) is 50.5 Å². The second-order valence-corrected chi connectivity index (χ2v) is 11.4. The minimum absolute atomic E-state index is 0.904. The molecule has 7 aromatic carbocycles. The molecule has 0 saturated carbocycles. The minimum Gasteiger partial charge on any atom is -0.456 e. The number of nitrogens with zero attached hydrogens (tertiary/aromatic N) is 1. The van der Waals surface area contributed by atoms with Gasteiger partial charge in [-0.25, -0.2) is 0 Å². The zero-order valence-corrected chi connectivity index (χ0v) is 25.0. The van der Waals surface area contributed by atoms with Gasteiger partial charge in [0.2, 0.25) is 0 Å². The van der Waals surface area contributed by atoms with E-state index in [1.165, 1.54) is 27.5 Å². The molecule has 0 aliphatic rings. The average Bonchev–Trinajstić information content (AvgIpc) is 3.45. The molecule has 1 aromatic heterocycles. The normalized spacial score (nSPS) is 11.2. The fourth-order valence-electron chi connectivity index (χ4n) is 6.36. The molecular weight excluding hydrogens is 546 g/mol. The first-order valence-electron chi connectivity index (χ1n) is 15.4. The van der Waals surface area contributed by atoms with Gasteiger partial charge in [-0.3, -0.25) is 0 Å². The summed E-state index contributed by atoms with van der Waals surface area (Å²) in [5.41, 5.74) is 11.1. The summed E-state index contributed by atoms with van der Waals surface area (Å²) in [6.07, 6.45) is 0. The summed E-state index contributed by atoms with van der Waals surface area (Å²) in [4.78, 5) is 2.37. The van der Waals surface area contributed by atoms with Crippen LogP contribution in [0.4, 0.5) is 17.1 Å². The lowest BCUT2D eigenvalue weighted by atomic mass is 9.98. The Balaban J connectivity index is 1.29. The maximum atomic E-state index is 6.41. The molecule has 45 heavy (non-hydrogen) atoms. The molecule has 0 saturated heterocycles. The predicted molar refractivity (Wildman–Crippen MR) is 189 cm³/mol. The highest BCUT2D eigenvalue weighted by atomic mass is 16.3. The summed E-state index contributed by atoms with van der Waals surface area (Å²) in [5, 5.41) is 3.57. The molecule has 214 valence electrons. The maximum absolute atomic E-state index is 6.41. The molecule has 0 bridgehead atoms. The quantitative estimate of drug-likeness (QED) is 0.195. The van der Waals surface area contributed by atoms with Crippen LogP contribution in [0, 0.1) is 6.92 Å². The van der Waals surface area contributed by atoms with Crippen molar-refractivity contribution in [2.24, 2.45) is 0 Å². The largest absolute Gasteiger partial charge is 0.456 e. The van der Waals surface area contributed by atoms with Crippen molar-refractivity contribution in [3.63, 3.8) is 0 Å². The lowest BCUT2D eigenvalue weighted by Gasteiger charge is -2.28. The zero-order chi connectivity index (χ0) is 30.2. The van der Waals surface area contributed by atoms with Crippen molar-refractivity contribution in [3.05, 3.63) is 175 Å². The topological polar surface area (TPSA) is 16.4 Å². The molecule has 0 aliphatic carbocycles. The van der Waals surface area contributed by atoms with E-state index in [9.17, 15) is 0 Å². The fraction of sp³-hybridized carbons (Fsp3) is 0.0233. The van der Waals surface area contributed by atoms with E-state index >= 15 is 0 Å². The third-order valence-electron chi connectivity index (χ3n) is 8.65. The molecule has 0 N–H and O–H groups in total. The zero-order valence-electron chi connectivity index (χ0n) is 25.0. The molecule has 0 aliphatic heterocycles. The van der Waals surface area contributed by atoms with Crippen molar-refractivity contribution < 1.29 is 4.42 Å². The van der Waals surface area contributed by atoms with E-state index in [-0.39, 0.29) is 0 Å². The summed E-state index contributed by atoms with van der Waals surface area (Å²) < 4.78 is 6.41. The molecule has 2 nitrogen and oxygen atoms in total. The Bertz CT molecular complexity index is 2280. The van der Waals surface area contributed by atoms with Gasteiger partial charge >= 0.3 is 0 Å². The summed E-state index contributed by atoms with van der Waals surface area (Å²) in [6.45, 7) is 2.14. The predicted octanol–water partition coefficient (Wildman–Crippen LogP) is 12.4. The van der Waals surface area contributed by atoms with Gasteiger partial charge < -0.3 is 9.32 Å². The molecule has 8 rings (SSSR count). The molecule has 0 fully saturated rings. The first-order valence-corrected chi connectivity index (χ1v) is 15.4. The van der Waals surface area contributed by atoms with E-state index in [0.29, 0.717) is 0 Å². The van der Waals surface area contributed by atoms with Crippen LogP contribution in [-0.4, -0.2) is 0 Å². The van der Waals surface area contributed by atoms with E-state index in [4.69, 9.17) is 4.42 Å². The first-order chi connectivity index (χ1) is 22.2. The number of para-hydroxylation sites is 2. The monoisotopic (exact) mass is 577 g/mol. The number of fused-ring (bicyclic) bond motifs is 2. The highest BCUT2D eigenvalue weighted by molar-refractivity contribution is 5.94. The molecule has 0 amide bonds. The van der Waals surface area contributed by atoms with Crippen LogP contribution >= 0.6 is 0 Å². The van der Waals surface area contributed by atoms with Crippen molar-refractivity contribution >= 4 is 38.8 Å². The fourth-order valence-corrected chi connectivity index (χ4v) is 6.36. The highest BCUT2D eigenvalue weighted by Gasteiger charge is 2.19. The molecule has 1 heterocycles. The molecular formula is C43H31NO. The van der Waals surface area contributed by atoms with E-state index in [2.05, 4.69) is 170 Å². The Morgan fingerprint density at radius 2 is 1.09 bits per heavy atom. The van der Waals surface area contributed by atoms with Gasteiger partial charge in [-0.15, -0.1) is 0 Å². The third kappa shape index (κ3) is 4.97. The number of benzene rings is 7. The molecule has 0 spiro atoms. The summed E-state index contributed by atoms with van der Waals surface area (Å²) >= 11 is 0. The van der Waals surface area contributed by atoms with E-state index in [1.54, 1.807) is 0 Å². The number of furan rings is 1. The average molecular weight is 578 g/mol.